The van der Waals surface area contributed by atoms with E-state index in [-0.39, 0.29) is 22.6 Å². The van der Waals surface area contributed by atoms with Crippen LogP contribution in [0.2, 0.25) is 0 Å². The normalized spacial score (nSPS) is 26.8. The van der Waals surface area contributed by atoms with Crippen molar-refractivity contribution in [1.29, 1.82) is 0 Å². The molecule has 1 N–H and O–H groups in total. The molecule has 2 aliphatic carbocycles. The van der Waals surface area contributed by atoms with E-state index in [4.69, 9.17) is 0 Å². The van der Waals surface area contributed by atoms with Crippen LogP contribution in [0.5, 0.6) is 0 Å². The fraction of sp³-hybridized carbons (Fsp3) is 0.500. The van der Waals surface area contributed by atoms with E-state index in [1.807, 2.05) is 13.8 Å². The van der Waals surface area contributed by atoms with Crippen LogP contribution in [0.1, 0.15) is 57.7 Å². The zero-order chi connectivity index (χ0) is 18.2. The standard InChI is InChI=1S/C20H22F2N2O/c1-18(2)12-8-9-20(18,19(3,4)25)17-11(12)10-15(23-24-17)16-13(21)6-5-7-14(16)22/h5-7,10,12,25H,8-9H2,1-4H3/t12-,20-/m0/s1. The Balaban J connectivity index is 1.95. The lowest BCUT2D eigenvalue weighted by molar-refractivity contribution is -0.0508. The molecule has 1 aromatic heterocycles. The molecular weight excluding hydrogens is 322 g/mol. The third kappa shape index (κ3) is 1.87. The minimum absolute atomic E-state index is 0.143. The van der Waals surface area contributed by atoms with Crippen LogP contribution in [0.3, 0.4) is 0 Å². The third-order valence-corrected chi connectivity index (χ3v) is 6.65. The molecule has 0 saturated heterocycles. The van der Waals surface area contributed by atoms with E-state index in [9.17, 15) is 13.9 Å². The lowest BCUT2D eigenvalue weighted by Gasteiger charge is -2.46. The SMILES string of the molecule is CC(C)(O)[C@@]12CC[C@@H](c3cc(-c4c(F)cccc4F)nnc31)C2(C)C. The molecule has 0 unspecified atom stereocenters. The van der Waals surface area contributed by atoms with Crippen molar-refractivity contribution in [2.45, 2.75) is 57.5 Å². The number of hydrogen-bond acceptors (Lipinski definition) is 3. The highest BCUT2D eigenvalue weighted by molar-refractivity contribution is 5.63. The highest BCUT2D eigenvalue weighted by Gasteiger charge is 2.68. The van der Waals surface area contributed by atoms with Crippen LogP contribution in [-0.2, 0) is 5.41 Å². The molecule has 1 saturated carbocycles. The molecule has 25 heavy (non-hydrogen) atoms. The summed E-state index contributed by atoms with van der Waals surface area (Å²) >= 11 is 0. The Hall–Kier alpha value is -1.88. The number of nitrogens with zero attached hydrogens (tertiary/aromatic N) is 2. The van der Waals surface area contributed by atoms with Gasteiger partial charge in [-0.05, 0) is 61.8 Å². The Labute approximate surface area is 146 Å². The first-order valence-electron chi connectivity index (χ1n) is 8.66. The molecule has 0 amide bonds. The summed E-state index contributed by atoms with van der Waals surface area (Å²) in [5, 5.41) is 19.5. The van der Waals surface area contributed by atoms with E-state index in [0.29, 0.717) is 0 Å². The zero-order valence-electron chi connectivity index (χ0n) is 14.9. The second kappa shape index (κ2) is 4.85. The number of rotatable bonds is 2. The molecule has 2 bridgehead atoms. The van der Waals surface area contributed by atoms with Gasteiger partial charge in [-0.3, -0.25) is 0 Å². The Morgan fingerprint density at radius 1 is 1.16 bits per heavy atom. The van der Waals surface area contributed by atoms with Gasteiger partial charge >= 0.3 is 0 Å². The Kier molecular flexibility index (Phi) is 3.21. The minimum Gasteiger partial charge on any atom is -0.389 e. The fourth-order valence-corrected chi connectivity index (χ4v) is 5.56. The van der Waals surface area contributed by atoms with E-state index in [2.05, 4.69) is 24.0 Å². The van der Waals surface area contributed by atoms with Gasteiger partial charge in [0, 0.05) is 5.41 Å². The molecule has 1 heterocycles. The maximum absolute atomic E-state index is 14.1. The number of aliphatic hydroxyl groups is 1. The fourth-order valence-electron chi connectivity index (χ4n) is 5.56. The Morgan fingerprint density at radius 2 is 1.80 bits per heavy atom. The molecule has 0 radical (unpaired) electrons. The van der Waals surface area contributed by atoms with Crippen molar-refractivity contribution in [2.75, 3.05) is 0 Å². The van der Waals surface area contributed by atoms with E-state index in [1.165, 1.54) is 18.2 Å². The Morgan fingerprint density at radius 3 is 2.40 bits per heavy atom. The predicted octanol–water partition coefficient (Wildman–Crippen LogP) is 4.35. The first-order valence-corrected chi connectivity index (χ1v) is 8.66. The lowest BCUT2D eigenvalue weighted by atomic mass is 9.60. The second-order valence-corrected chi connectivity index (χ2v) is 8.41. The van der Waals surface area contributed by atoms with Crippen molar-refractivity contribution in [3.8, 4) is 11.3 Å². The van der Waals surface area contributed by atoms with Crippen LogP contribution >= 0.6 is 0 Å². The van der Waals surface area contributed by atoms with E-state index < -0.39 is 22.7 Å². The molecule has 0 aliphatic heterocycles. The van der Waals surface area contributed by atoms with Gasteiger partial charge in [0.05, 0.1) is 22.6 Å². The van der Waals surface area contributed by atoms with E-state index in [0.717, 1.165) is 24.1 Å². The van der Waals surface area contributed by atoms with Crippen LogP contribution in [0, 0.1) is 17.0 Å². The molecule has 4 rings (SSSR count). The van der Waals surface area contributed by atoms with Crippen LogP contribution < -0.4 is 0 Å². The van der Waals surface area contributed by atoms with Crippen molar-refractivity contribution in [2.24, 2.45) is 5.41 Å². The van der Waals surface area contributed by atoms with E-state index in [1.54, 1.807) is 6.07 Å². The van der Waals surface area contributed by atoms with Crippen LogP contribution in [0.15, 0.2) is 24.3 Å². The highest BCUT2D eigenvalue weighted by Crippen LogP contribution is 2.70. The van der Waals surface area contributed by atoms with Crippen molar-refractivity contribution < 1.29 is 13.9 Å². The van der Waals surface area contributed by atoms with Crippen molar-refractivity contribution in [1.82, 2.24) is 10.2 Å². The second-order valence-electron chi connectivity index (χ2n) is 8.41. The number of benzene rings is 1. The number of halogens is 2. The molecule has 2 atom stereocenters. The summed E-state index contributed by atoms with van der Waals surface area (Å²) in [4.78, 5) is 0. The zero-order valence-corrected chi connectivity index (χ0v) is 14.9. The summed E-state index contributed by atoms with van der Waals surface area (Å²) in [6.45, 7) is 7.93. The summed E-state index contributed by atoms with van der Waals surface area (Å²) in [6, 6.07) is 5.55. The topological polar surface area (TPSA) is 46.0 Å². The van der Waals surface area contributed by atoms with Crippen LogP contribution in [0.25, 0.3) is 11.3 Å². The van der Waals surface area contributed by atoms with Gasteiger partial charge < -0.3 is 5.11 Å². The van der Waals surface area contributed by atoms with Gasteiger partial charge in [-0.25, -0.2) is 8.78 Å². The molecule has 1 fully saturated rings. The maximum Gasteiger partial charge on any atom is 0.135 e. The smallest absolute Gasteiger partial charge is 0.135 e. The molecule has 5 heteroatoms. The monoisotopic (exact) mass is 344 g/mol. The quantitative estimate of drug-likeness (QED) is 0.881. The number of hydrogen-bond donors (Lipinski definition) is 1. The molecule has 0 spiro atoms. The van der Waals surface area contributed by atoms with Gasteiger partial charge in [-0.1, -0.05) is 19.9 Å². The highest BCUT2D eigenvalue weighted by atomic mass is 19.1. The maximum atomic E-state index is 14.1. The summed E-state index contributed by atoms with van der Waals surface area (Å²) in [5.41, 5.74) is 0.149. The molecule has 3 nitrogen and oxygen atoms in total. The first kappa shape index (κ1) is 16.6. The first-order chi connectivity index (χ1) is 11.6. The van der Waals surface area contributed by atoms with Gasteiger partial charge in [0.2, 0.25) is 0 Å². The number of aromatic nitrogens is 2. The van der Waals surface area contributed by atoms with Gasteiger partial charge in [0.1, 0.15) is 11.6 Å². The van der Waals surface area contributed by atoms with Crippen molar-refractivity contribution in [3.05, 3.63) is 47.2 Å². The lowest BCUT2D eigenvalue weighted by Crippen LogP contribution is -2.52. The molecule has 132 valence electrons. The third-order valence-electron chi connectivity index (χ3n) is 6.65. The summed E-state index contributed by atoms with van der Waals surface area (Å²) in [5.74, 6) is -1.10. The van der Waals surface area contributed by atoms with Gasteiger partial charge in [0.15, 0.2) is 0 Å². The summed E-state index contributed by atoms with van der Waals surface area (Å²) in [7, 11) is 0. The average molecular weight is 344 g/mol. The van der Waals surface area contributed by atoms with Crippen molar-refractivity contribution >= 4 is 0 Å². The molecular formula is C20H22F2N2O. The van der Waals surface area contributed by atoms with Crippen LogP contribution in [-0.4, -0.2) is 20.9 Å². The number of fused-ring (bicyclic) bond motifs is 5. The summed E-state index contributed by atoms with van der Waals surface area (Å²) < 4.78 is 28.3. The molecule has 2 aliphatic rings. The van der Waals surface area contributed by atoms with Gasteiger partial charge in [-0.15, -0.1) is 5.10 Å². The van der Waals surface area contributed by atoms with Crippen molar-refractivity contribution in [3.63, 3.8) is 0 Å². The molecule has 1 aromatic carbocycles. The van der Waals surface area contributed by atoms with Gasteiger partial charge in [-0.2, -0.15) is 5.10 Å². The Bertz CT molecular complexity index is 852. The van der Waals surface area contributed by atoms with Gasteiger partial charge in [0.25, 0.3) is 0 Å². The van der Waals surface area contributed by atoms with E-state index >= 15 is 0 Å². The van der Waals surface area contributed by atoms with Crippen LogP contribution in [0.4, 0.5) is 8.78 Å². The molecule has 2 aromatic rings. The predicted molar refractivity (Wildman–Crippen MR) is 91.1 cm³/mol. The minimum atomic E-state index is -0.962. The largest absolute Gasteiger partial charge is 0.389 e. The summed E-state index contributed by atoms with van der Waals surface area (Å²) in [6.07, 6.45) is 1.76. The average Bonchev–Trinajstić information content (AvgIpc) is 2.89.